The normalized spacial score (nSPS) is 18.4. The van der Waals surface area contributed by atoms with Crippen LogP contribution in [-0.2, 0) is 13.5 Å². The highest BCUT2D eigenvalue weighted by Crippen LogP contribution is 2.40. The van der Waals surface area contributed by atoms with Crippen molar-refractivity contribution in [3.05, 3.63) is 97.7 Å². The lowest BCUT2D eigenvalue weighted by Gasteiger charge is -2.21. The predicted molar refractivity (Wildman–Crippen MR) is 137 cm³/mol. The van der Waals surface area contributed by atoms with Gasteiger partial charge in [-0.1, -0.05) is 0 Å². The molecule has 5 aromatic rings. The molecule has 0 aliphatic carbocycles. The molecule has 0 amide bonds. The molecule has 2 atom stereocenters. The Labute approximate surface area is 215 Å². The molecule has 38 heavy (non-hydrogen) atoms. The standard InChI is InChI=1S/C27H25F2N7O2/c1-14-10-17(11-15(2)24(14)28)36-26(23-18-5-4-16(30-18)12-19(23)31-36)34-9-8-33(27(34)38)20-6-7-35-21(25(20)29)13-22(37)32(35)3/h6-11,13,16,18,30H,4-5,12H2,1-3H3/t16-,18+/m1/s1. The van der Waals surface area contributed by atoms with Crippen LogP contribution < -0.4 is 16.6 Å². The van der Waals surface area contributed by atoms with Crippen LogP contribution in [-0.4, -0.2) is 34.2 Å². The highest BCUT2D eigenvalue weighted by atomic mass is 19.1. The molecule has 7 rings (SSSR count). The Balaban J connectivity index is 1.46. The number of rotatable bonds is 3. The quantitative estimate of drug-likeness (QED) is 0.399. The van der Waals surface area contributed by atoms with E-state index in [1.165, 1.54) is 36.7 Å². The number of benzene rings is 1. The Morgan fingerprint density at radius 2 is 1.71 bits per heavy atom. The molecule has 0 spiro atoms. The number of nitrogens with zero attached hydrogens (tertiary/aromatic N) is 6. The summed E-state index contributed by atoms with van der Waals surface area (Å²) >= 11 is 0. The second-order valence-electron chi connectivity index (χ2n) is 10.3. The van der Waals surface area contributed by atoms with Crippen LogP contribution in [0, 0.1) is 25.5 Å². The van der Waals surface area contributed by atoms with Crippen LogP contribution in [0.25, 0.3) is 22.7 Å². The molecule has 1 saturated heterocycles. The van der Waals surface area contributed by atoms with E-state index < -0.39 is 11.5 Å². The van der Waals surface area contributed by atoms with E-state index in [0.717, 1.165) is 30.5 Å². The van der Waals surface area contributed by atoms with E-state index in [2.05, 4.69) is 5.32 Å². The van der Waals surface area contributed by atoms with Gasteiger partial charge in [-0.3, -0.25) is 18.4 Å². The van der Waals surface area contributed by atoms with Crippen molar-refractivity contribution in [3.8, 4) is 17.2 Å². The molecule has 0 unspecified atom stereocenters. The summed E-state index contributed by atoms with van der Waals surface area (Å²) in [4.78, 5) is 25.9. The van der Waals surface area contributed by atoms with Gasteiger partial charge < -0.3 is 5.32 Å². The molecule has 1 N–H and O–H groups in total. The van der Waals surface area contributed by atoms with Gasteiger partial charge in [0.1, 0.15) is 17.2 Å². The van der Waals surface area contributed by atoms with E-state index in [9.17, 15) is 14.0 Å². The third-order valence-electron chi connectivity index (χ3n) is 7.91. The van der Waals surface area contributed by atoms with Crippen LogP contribution >= 0.6 is 0 Å². The van der Waals surface area contributed by atoms with Gasteiger partial charge in [0.2, 0.25) is 0 Å². The molecular weight excluding hydrogens is 492 g/mol. The van der Waals surface area contributed by atoms with Crippen molar-refractivity contribution in [1.82, 2.24) is 33.4 Å². The topological polar surface area (TPSA) is 83.2 Å². The van der Waals surface area contributed by atoms with Crippen LogP contribution in [0.1, 0.15) is 41.3 Å². The highest BCUT2D eigenvalue weighted by Gasteiger charge is 2.38. The van der Waals surface area contributed by atoms with Gasteiger partial charge in [0.05, 0.1) is 17.1 Å². The van der Waals surface area contributed by atoms with Crippen LogP contribution in [0.5, 0.6) is 0 Å². The fourth-order valence-corrected chi connectivity index (χ4v) is 6.01. The fraction of sp³-hybridized carbons (Fsp3) is 0.296. The van der Waals surface area contributed by atoms with Crippen molar-refractivity contribution in [1.29, 1.82) is 0 Å². The third kappa shape index (κ3) is 3.08. The average molecular weight is 518 g/mol. The van der Waals surface area contributed by atoms with Crippen molar-refractivity contribution in [2.45, 2.75) is 45.2 Å². The molecule has 194 valence electrons. The number of aromatic nitrogens is 6. The zero-order valence-corrected chi connectivity index (χ0v) is 21.1. The van der Waals surface area contributed by atoms with Gasteiger partial charge in [-0.2, -0.15) is 5.10 Å². The van der Waals surface area contributed by atoms with Crippen LogP contribution in [0.3, 0.4) is 0 Å². The Morgan fingerprint density at radius 3 is 2.47 bits per heavy atom. The first-order valence-electron chi connectivity index (χ1n) is 12.6. The number of imidazole rings is 1. The molecule has 0 saturated carbocycles. The van der Waals surface area contributed by atoms with E-state index in [0.29, 0.717) is 28.7 Å². The molecule has 6 heterocycles. The number of hydrogen-bond acceptors (Lipinski definition) is 4. The predicted octanol–water partition coefficient (Wildman–Crippen LogP) is 3.01. The zero-order chi connectivity index (χ0) is 26.5. The molecule has 0 radical (unpaired) electrons. The molecule has 9 nitrogen and oxygen atoms in total. The van der Waals surface area contributed by atoms with Crippen molar-refractivity contribution >= 4 is 5.52 Å². The summed E-state index contributed by atoms with van der Waals surface area (Å²) in [6.07, 6.45) is 7.33. The minimum atomic E-state index is -0.675. The molecule has 1 fully saturated rings. The first-order valence-corrected chi connectivity index (χ1v) is 12.6. The minimum Gasteiger partial charge on any atom is -0.307 e. The first kappa shape index (κ1) is 22.9. The second kappa shape index (κ2) is 7.87. The minimum absolute atomic E-state index is 0.0341. The maximum atomic E-state index is 15.5. The molecule has 1 aromatic carbocycles. The van der Waals surface area contributed by atoms with Gasteiger partial charge >= 0.3 is 5.69 Å². The number of fused-ring (bicyclic) bond motifs is 5. The highest BCUT2D eigenvalue weighted by molar-refractivity contribution is 5.56. The number of halogens is 2. The summed E-state index contributed by atoms with van der Waals surface area (Å²) in [5.74, 6) is -0.391. The molecule has 2 bridgehead atoms. The van der Waals surface area contributed by atoms with Crippen LogP contribution in [0.2, 0.25) is 0 Å². The maximum absolute atomic E-state index is 15.5. The van der Waals surface area contributed by atoms with Crippen molar-refractivity contribution in [2.75, 3.05) is 0 Å². The van der Waals surface area contributed by atoms with Crippen molar-refractivity contribution in [3.63, 3.8) is 0 Å². The number of nitrogens with one attached hydrogen (secondary N) is 1. The Morgan fingerprint density at radius 1 is 0.974 bits per heavy atom. The van der Waals surface area contributed by atoms with Gasteiger partial charge in [0.15, 0.2) is 5.82 Å². The van der Waals surface area contributed by atoms with E-state index >= 15 is 4.39 Å². The number of pyridine rings is 1. The SMILES string of the molecule is Cc1cc(-n2nc3c(c2-n2ccn(-c4ccn5c(cc(=O)n5C)c4F)c2=O)[C@@H]2CC[C@H](C3)N2)cc(C)c1F. The van der Waals surface area contributed by atoms with E-state index in [-0.39, 0.29) is 28.6 Å². The average Bonchev–Trinajstić information content (AvgIpc) is 3.64. The Hall–Kier alpha value is -4.25. The van der Waals surface area contributed by atoms with E-state index in [4.69, 9.17) is 5.10 Å². The lowest BCUT2D eigenvalue weighted by Crippen LogP contribution is -2.32. The largest absolute Gasteiger partial charge is 0.338 e. The third-order valence-corrected chi connectivity index (χ3v) is 7.91. The lowest BCUT2D eigenvalue weighted by atomic mass is 10.0. The molecule has 2 aliphatic heterocycles. The maximum Gasteiger partial charge on any atom is 0.338 e. The van der Waals surface area contributed by atoms with E-state index in [1.807, 2.05) is 0 Å². The van der Waals surface area contributed by atoms with Crippen LogP contribution in [0.15, 0.2) is 52.4 Å². The smallest absolute Gasteiger partial charge is 0.307 e. The van der Waals surface area contributed by atoms with E-state index in [1.54, 1.807) is 50.1 Å². The Bertz CT molecular complexity index is 1880. The van der Waals surface area contributed by atoms with Gasteiger partial charge in [0.25, 0.3) is 5.56 Å². The molecule has 4 aromatic heterocycles. The van der Waals surface area contributed by atoms with Gasteiger partial charge in [-0.15, -0.1) is 0 Å². The molecule has 2 aliphatic rings. The van der Waals surface area contributed by atoms with Gasteiger partial charge in [-0.25, -0.2) is 22.9 Å². The number of aryl methyl sites for hydroxylation is 3. The Kier molecular flexibility index (Phi) is 4.75. The van der Waals surface area contributed by atoms with Gasteiger partial charge in [0, 0.05) is 55.8 Å². The number of hydrogen-bond donors (Lipinski definition) is 1. The summed E-state index contributed by atoms with van der Waals surface area (Å²) in [6.45, 7) is 3.41. The fourth-order valence-electron chi connectivity index (χ4n) is 6.01. The van der Waals surface area contributed by atoms with Crippen molar-refractivity contribution < 1.29 is 8.78 Å². The molecule has 11 heteroatoms. The summed E-state index contributed by atoms with van der Waals surface area (Å²) < 4.78 is 37.1. The first-order chi connectivity index (χ1) is 18.2. The monoisotopic (exact) mass is 517 g/mol. The van der Waals surface area contributed by atoms with Crippen molar-refractivity contribution in [2.24, 2.45) is 7.05 Å². The second-order valence-corrected chi connectivity index (χ2v) is 10.3. The summed E-state index contributed by atoms with van der Waals surface area (Å²) in [6, 6.07) is 6.48. The zero-order valence-electron chi connectivity index (χ0n) is 21.1. The lowest BCUT2D eigenvalue weighted by molar-refractivity contribution is 0.509. The molecular formula is C27H25F2N7O2. The van der Waals surface area contributed by atoms with Crippen LogP contribution in [0.4, 0.5) is 8.78 Å². The van der Waals surface area contributed by atoms with Gasteiger partial charge in [-0.05, 0) is 56.0 Å². The summed E-state index contributed by atoms with van der Waals surface area (Å²) in [5, 5.41) is 8.53. The summed E-state index contributed by atoms with van der Waals surface area (Å²) in [7, 11) is 1.54. The summed E-state index contributed by atoms with van der Waals surface area (Å²) in [5.41, 5.74) is 2.74.